The molecule has 33 heavy (non-hydrogen) atoms. The number of thioether (sulfide) groups is 1. The molecule has 0 radical (unpaired) electrons. The Morgan fingerprint density at radius 1 is 1.09 bits per heavy atom. The number of carbonyl (C=O) groups is 3. The molecule has 2 fully saturated rings. The molecule has 0 unspecified atom stereocenters. The molecule has 2 bridgehead atoms. The topological polar surface area (TPSA) is 79.4 Å². The first-order valence-electron chi connectivity index (χ1n) is 10.9. The summed E-state index contributed by atoms with van der Waals surface area (Å²) in [6.45, 7) is 2.00. The van der Waals surface area contributed by atoms with Gasteiger partial charge in [0.05, 0.1) is 33.5 Å². The van der Waals surface area contributed by atoms with Gasteiger partial charge in [-0.2, -0.15) is 0 Å². The largest absolute Gasteiger partial charge is 0.325 e. The van der Waals surface area contributed by atoms with Gasteiger partial charge in [-0.3, -0.25) is 14.4 Å². The molecule has 2 aromatic carbocycles. The van der Waals surface area contributed by atoms with Gasteiger partial charge in [-0.1, -0.05) is 41.6 Å². The average Bonchev–Trinajstić information content (AvgIpc) is 3.56. The minimum absolute atomic E-state index is 0.0758. The maximum absolute atomic E-state index is 13.1. The van der Waals surface area contributed by atoms with E-state index in [0.29, 0.717) is 5.69 Å². The van der Waals surface area contributed by atoms with Crippen molar-refractivity contribution in [2.45, 2.75) is 17.7 Å². The lowest BCUT2D eigenvalue weighted by Crippen LogP contribution is -2.32. The van der Waals surface area contributed by atoms with Gasteiger partial charge >= 0.3 is 0 Å². The van der Waals surface area contributed by atoms with E-state index in [4.69, 9.17) is 0 Å². The van der Waals surface area contributed by atoms with Crippen LogP contribution in [0.3, 0.4) is 0 Å². The minimum atomic E-state index is -0.206. The summed E-state index contributed by atoms with van der Waals surface area (Å²) in [5.41, 5.74) is 3.32. The SMILES string of the molecule is Cc1ccc(NC(=O)CSc2nc3ccc(N4C(=O)[C@@H]5[C@H](C4=O)[C@H]4C=C[C@H]5C4)cc3s2)cc1. The lowest BCUT2D eigenvalue weighted by atomic mass is 9.85. The molecule has 1 aliphatic heterocycles. The van der Waals surface area contributed by atoms with E-state index in [9.17, 15) is 14.4 Å². The third kappa shape index (κ3) is 3.48. The minimum Gasteiger partial charge on any atom is -0.325 e. The van der Waals surface area contributed by atoms with Crippen molar-refractivity contribution in [1.29, 1.82) is 0 Å². The number of rotatable bonds is 5. The molecular formula is C25H21N3O3S2. The second-order valence-electron chi connectivity index (χ2n) is 8.85. The van der Waals surface area contributed by atoms with Crippen molar-refractivity contribution in [3.05, 3.63) is 60.2 Å². The van der Waals surface area contributed by atoms with Gasteiger partial charge in [-0.25, -0.2) is 9.88 Å². The van der Waals surface area contributed by atoms with E-state index in [1.165, 1.54) is 28.0 Å². The highest BCUT2D eigenvalue weighted by Crippen LogP contribution is 2.53. The molecule has 4 atom stereocenters. The van der Waals surface area contributed by atoms with Crippen molar-refractivity contribution in [2.75, 3.05) is 16.0 Å². The molecule has 2 aliphatic carbocycles. The van der Waals surface area contributed by atoms with Crippen molar-refractivity contribution in [3.8, 4) is 0 Å². The number of anilines is 2. The fourth-order valence-corrected chi connectivity index (χ4v) is 7.11. The van der Waals surface area contributed by atoms with Gasteiger partial charge in [0.2, 0.25) is 17.7 Å². The number of allylic oxidation sites excluding steroid dienone is 2. The van der Waals surface area contributed by atoms with Crippen LogP contribution in [0.2, 0.25) is 0 Å². The van der Waals surface area contributed by atoms with E-state index < -0.39 is 0 Å². The summed E-state index contributed by atoms with van der Waals surface area (Å²) in [7, 11) is 0. The summed E-state index contributed by atoms with van der Waals surface area (Å²) in [5, 5.41) is 2.89. The molecule has 0 spiro atoms. The Kier molecular flexibility index (Phi) is 4.88. The van der Waals surface area contributed by atoms with Gasteiger partial charge in [0, 0.05) is 5.69 Å². The second-order valence-corrected chi connectivity index (χ2v) is 11.1. The molecule has 1 N–H and O–H groups in total. The highest BCUT2D eigenvalue weighted by atomic mass is 32.2. The number of thiazole rings is 1. The average molecular weight is 476 g/mol. The normalized spacial score (nSPS) is 25.3. The van der Waals surface area contributed by atoms with Crippen molar-refractivity contribution in [3.63, 3.8) is 0 Å². The van der Waals surface area contributed by atoms with E-state index in [-0.39, 0.29) is 47.1 Å². The van der Waals surface area contributed by atoms with Crippen molar-refractivity contribution < 1.29 is 14.4 Å². The molecule has 6 rings (SSSR count). The molecule has 2 heterocycles. The van der Waals surface area contributed by atoms with Gasteiger partial charge in [-0.15, -0.1) is 11.3 Å². The molecule has 3 aromatic rings. The van der Waals surface area contributed by atoms with Gasteiger partial charge < -0.3 is 5.32 Å². The number of nitrogens with one attached hydrogen (secondary N) is 1. The van der Waals surface area contributed by atoms with Crippen LogP contribution >= 0.6 is 23.1 Å². The summed E-state index contributed by atoms with van der Waals surface area (Å²) in [4.78, 5) is 44.4. The lowest BCUT2D eigenvalue weighted by molar-refractivity contribution is -0.123. The number of aryl methyl sites for hydroxylation is 1. The van der Waals surface area contributed by atoms with Crippen molar-refractivity contribution in [2.24, 2.45) is 23.7 Å². The van der Waals surface area contributed by atoms with Crippen LogP contribution in [0.15, 0.2) is 59.0 Å². The first-order chi connectivity index (χ1) is 16.0. The predicted octanol–water partition coefficient (Wildman–Crippen LogP) is 4.65. The Labute approximate surface area is 199 Å². The second kappa shape index (κ2) is 7.81. The number of hydrogen-bond acceptors (Lipinski definition) is 6. The number of carbonyl (C=O) groups excluding carboxylic acids is 3. The fourth-order valence-electron chi connectivity index (χ4n) is 5.21. The van der Waals surface area contributed by atoms with Crippen LogP contribution in [0.5, 0.6) is 0 Å². The highest BCUT2D eigenvalue weighted by Gasteiger charge is 2.59. The standard InChI is InChI=1S/C25H21N3O3S2/c1-13-2-6-16(7-3-13)26-20(29)12-32-25-27-18-9-8-17(11-19(18)33-25)28-23(30)21-14-4-5-15(10-14)22(21)24(28)31/h2-9,11,14-15,21-22H,10,12H2,1H3,(H,26,29)/t14-,15-,21-,22+/m0/s1. The van der Waals surface area contributed by atoms with Crippen molar-refractivity contribution in [1.82, 2.24) is 4.98 Å². The quantitative estimate of drug-likeness (QED) is 0.330. The maximum Gasteiger partial charge on any atom is 0.238 e. The molecule has 8 heteroatoms. The van der Waals surface area contributed by atoms with Crippen LogP contribution in [0, 0.1) is 30.6 Å². The molecule has 6 nitrogen and oxygen atoms in total. The zero-order chi connectivity index (χ0) is 22.7. The van der Waals surface area contributed by atoms with Crippen LogP contribution in [0.1, 0.15) is 12.0 Å². The van der Waals surface area contributed by atoms with E-state index in [1.54, 1.807) is 6.07 Å². The first-order valence-corrected chi connectivity index (χ1v) is 12.7. The van der Waals surface area contributed by atoms with Gasteiger partial charge in [0.15, 0.2) is 4.34 Å². The monoisotopic (exact) mass is 475 g/mol. The predicted molar refractivity (Wildman–Crippen MR) is 130 cm³/mol. The molecule has 166 valence electrons. The smallest absolute Gasteiger partial charge is 0.238 e. The number of benzene rings is 2. The van der Waals surface area contributed by atoms with Crippen LogP contribution in [0.4, 0.5) is 11.4 Å². The van der Waals surface area contributed by atoms with Crippen LogP contribution in [0.25, 0.3) is 10.2 Å². The van der Waals surface area contributed by atoms with E-state index in [1.807, 2.05) is 43.3 Å². The number of amides is 3. The summed E-state index contributed by atoms with van der Waals surface area (Å²) >= 11 is 2.85. The number of hydrogen-bond donors (Lipinski definition) is 1. The molecular weight excluding hydrogens is 454 g/mol. The van der Waals surface area contributed by atoms with Gasteiger partial charge in [-0.05, 0) is 55.5 Å². The highest BCUT2D eigenvalue weighted by molar-refractivity contribution is 8.01. The van der Waals surface area contributed by atoms with Gasteiger partial charge in [0.1, 0.15) is 0 Å². The van der Waals surface area contributed by atoms with Gasteiger partial charge in [0.25, 0.3) is 0 Å². The van der Waals surface area contributed by atoms with Crippen LogP contribution in [-0.4, -0.2) is 28.5 Å². The van der Waals surface area contributed by atoms with Crippen molar-refractivity contribution >= 4 is 62.4 Å². The fraction of sp³-hybridized carbons (Fsp3) is 0.280. The maximum atomic E-state index is 13.1. The van der Waals surface area contributed by atoms with E-state index >= 15 is 0 Å². The van der Waals surface area contributed by atoms with Crippen LogP contribution in [-0.2, 0) is 14.4 Å². The Morgan fingerprint density at radius 3 is 2.48 bits per heavy atom. The third-order valence-corrected chi connectivity index (χ3v) is 8.90. The third-order valence-electron chi connectivity index (χ3n) is 6.74. The molecule has 1 saturated heterocycles. The number of imide groups is 1. The Balaban J connectivity index is 1.16. The van der Waals surface area contributed by atoms with E-state index in [2.05, 4.69) is 22.5 Å². The summed E-state index contributed by atoms with van der Waals surface area (Å²) in [6, 6.07) is 13.2. The molecule has 1 saturated carbocycles. The zero-order valence-corrected chi connectivity index (χ0v) is 19.5. The Bertz CT molecular complexity index is 1300. The molecule has 1 aromatic heterocycles. The summed E-state index contributed by atoms with van der Waals surface area (Å²) < 4.78 is 1.67. The molecule has 3 amide bonds. The lowest BCUT2D eigenvalue weighted by Gasteiger charge is -2.17. The number of fused-ring (bicyclic) bond motifs is 6. The zero-order valence-electron chi connectivity index (χ0n) is 17.9. The first kappa shape index (κ1) is 20.6. The number of aromatic nitrogens is 1. The summed E-state index contributed by atoms with van der Waals surface area (Å²) in [5.74, 6) is -0.00747. The Hall–Kier alpha value is -2.97. The Morgan fingerprint density at radius 2 is 1.79 bits per heavy atom. The molecule has 3 aliphatic rings. The number of nitrogens with zero attached hydrogens (tertiary/aromatic N) is 2. The van der Waals surface area contributed by atoms with Crippen LogP contribution < -0.4 is 10.2 Å². The summed E-state index contributed by atoms with van der Waals surface area (Å²) in [6.07, 6.45) is 5.13. The van der Waals surface area contributed by atoms with E-state index in [0.717, 1.165) is 32.2 Å².